The molecule has 1 aliphatic heterocycles. The molecule has 1 aromatic rings. The van der Waals surface area contributed by atoms with E-state index in [1.54, 1.807) is 10.4 Å². The molecule has 0 bridgehead atoms. The number of hydrogen-bond donors (Lipinski definition) is 1. The maximum Gasteiger partial charge on any atom is 0.243 e. The van der Waals surface area contributed by atoms with E-state index in [1.165, 1.54) is 17.5 Å². The average Bonchev–Trinajstić information content (AvgIpc) is 2.65. The molecule has 0 saturated carbocycles. The zero-order valence-corrected chi connectivity index (χ0v) is 16.6. The van der Waals surface area contributed by atoms with Gasteiger partial charge < -0.3 is 5.32 Å². The number of carbonyl (C=O) groups is 1. The van der Waals surface area contributed by atoms with Crippen molar-refractivity contribution >= 4 is 15.9 Å². The van der Waals surface area contributed by atoms with Crippen molar-refractivity contribution in [2.24, 2.45) is 11.8 Å². The molecular weight excluding hydrogens is 348 g/mol. The van der Waals surface area contributed by atoms with Crippen molar-refractivity contribution in [2.45, 2.75) is 57.3 Å². The van der Waals surface area contributed by atoms with Crippen LogP contribution in [0.1, 0.15) is 50.7 Å². The fourth-order valence-corrected chi connectivity index (χ4v) is 5.35. The minimum atomic E-state index is -3.47. The van der Waals surface area contributed by atoms with Crippen molar-refractivity contribution in [2.75, 3.05) is 19.6 Å². The number of nitrogens with one attached hydrogen (secondary N) is 1. The lowest BCUT2D eigenvalue weighted by Crippen LogP contribution is -2.43. The summed E-state index contributed by atoms with van der Waals surface area (Å²) in [6.45, 7) is 5.63. The summed E-state index contributed by atoms with van der Waals surface area (Å²) in [4.78, 5) is 12.6. The quantitative estimate of drug-likeness (QED) is 0.857. The first kappa shape index (κ1) is 19.4. The van der Waals surface area contributed by atoms with Gasteiger partial charge >= 0.3 is 0 Å². The van der Waals surface area contributed by atoms with Gasteiger partial charge in [-0.2, -0.15) is 4.31 Å². The second-order valence-corrected chi connectivity index (χ2v) is 9.89. The number of fused-ring (bicyclic) bond motifs is 1. The minimum Gasteiger partial charge on any atom is -0.356 e. The van der Waals surface area contributed by atoms with Gasteiger partial charge in [0, 0.05) is 25.6 Å². The molecule has 26 heavy (non-hydrogen) atoms. The van der Waals surface area contributed by atoms with Gasteiger partial charge in [-0.25, -0.2) is 8.42 Å². The molecule has 1 N–H and O–H groups in total. The largest absolute Gasteiger partial charge is 0.356 e. The van der Waals surface area contributed by atoms with Crippen LogP contribution >= 0.6 is 0 Å². The molecule has 0 atom stereocenters. The van der Waals surface area contributed by atoms with Gasteiger partial charge in [-0.05, 0) is 67.7 Å². The zero-order chi connectivity index (χ0) is 18.7. The van der Waals surface area contributed by atoms with Crippen LogP contribution in [0.25, 0.3) is 0 Å². The maximum atomic E-state index is 13.0. The third-order valence-electron chi connectivity index (χ3n) is 5.47. The number of hydrogen-bond acceptors (Lipinski definition) is 3. The van der Waals surface area contributed by atoms with Crippen molar-refractivity contribution < 1.29 is 13.2 Å². The number of aryl methyl sites for hydroxylation is 2. The summed E-state index contributed by atoms with van der Waals surface area (Å²) < 4.78 is 27.5. The molecule has 6 heteroatoms. The van der Waals surface area contributed by atoms with E-state index in [2.05, 4.69) is 19.2 Å². The molecule has 1 saturated heterocycles. The predicted molar refractivity (Wildman–Crippen MR) is 102 cm³/mol. The highest BCUT2D eigenvalue weighted by Crippen LogP contribution is 2.28. The molecule has 1 aromatic carbocycles. The van der Waals surface area contributed by atoms with E-state index >= 15 is 0 Å². The molecule has 5 nitrogen and oxygen atoms in total. The van der Waals surface area contributed by atoms with E-state index in [0.717, 1.165) is 19.3 Å². The summed E-state index contributed by atoms with van der Waals surface area (Å²) in [7, 11) is -3.47. The summed E-state index contributed by atoms with van der Waals surface area (Å²) in [5.41, 5.74) is 2.47. The Labute approximate surface area is 157 Å². The van der Waals surface area contributed by atoms with Gasteiger partial charge in [0.05, 0.1) is 4.90 Å². The van der Waals surface area contributed by atoms with E-state index in [9.17, 15) is 13.2 Å². The number of nitrogens with zero attached hydrogens (tertiary/aromatic N) is 1. The molecule has 2 aliphatic rings. The highest BCUT2D eigenvalue weighted by Gasteiger charge is 2.32. The predicted octanol–water partition coefficient (Wildman–Crippen LogP) is 2.74. The van der Waals surface area contributed by atoms with Crippen molar-refractivity contribution in [3.8, 4) is 0 Å². The molecule has 0 unspecified atom stereocenters. The lowest BCUT2D eigenvalue weighted by molar-refractivity contribution is -0.126. The summed E-state index contributed by atoms with van der Waals surface area (Å²) in [5.74, 6) is 0.400. The third kappa shape index (κ3) is 4.29. The monoisotopic (exact) mass is 378 g/mol. The van der Waals surface area contributed by atoms with Crippen LogP contribution in [0.3, 0.4) is 0 Å². The third-order valence-corrected chi connectivity index (χ3v) is 7.36. The Kier molecular flexibility index (Phi) is 6.03. The van der Waals surface area contributed by atoms with Gasteiger partial charge in [0.1, 0.15) is 0 Å². The fourth-order valence-electron chi connectivity index (χ4n) is 3.83. The van der Waals surface area contributed by atoms with E-state index in [1.807, 2.05) is 12.1 Å². The second-order valence-electron chi connectivity index (χ2n) is 7.95. The van der Waals surface area contributed by atoms with Crippen LogP contribution in [-0.4, -0.2) is 38.3 Å². The van der Waals surface area contributed by atoms with Crippen molar-refractivity contribution in [1.29, 1.82) is 0 Å². The molecule has 0 aromatic heterocycles. The van der Waals surface area contributed by atoms with E-state index in [4.69, 9.17) is 0 Å². The Morgan fingerprint density at radius 1 is 1.15 bits per heavy atom. The van der Waals surface area contributed by atoms with Crippen molar-refractivity contribution in [1.82, 2.24) is 9.62 Å². The second kappa shape index (κ2) is 8.09. The van der Waals surface area contributed by atoms with Crippen molar-refractivity contribution in [3.63, 3.8) is 0 Å². The lowest BCUT2D eigenvalue weighted by atomic mass is 9.92. The molecular formula is C20H30N2O3S. The molecule has 1 heterocycles. The van der Waals surface area contributed by atoms with E-state index in [-0.39, 0.29) is 11.8 Å². The summed E-state index contributed by atoms with van der Waals surface area (Å²) in [6, 6.07) is 5.60. The molecule has 0 spiro atoms. The summed E-state index contributed by atoms with van der Waals surface area (Å²) >= 11 is 0. The van der Waals surface area contributed by atoms with E-state index in [0.29, 0.717) is 43.3 Å². The first-order chi connectivity index (χ1) is 12.4. The Balaban J connectivity index is 1.64. The maximum absolute atomic E-state index is 13.0. The SMILES string of the molecule is CC(C)CNC(=O)C1CCN(S(=O)(=O)c2ccc3c(c2)CCCC3)CC1. The lowest BCUT2D eigenvalue weighted by Gasteiger charge is -2.31. The number of sulfonamides is 1. The molecule has 0 radical (unpaired) electrons. The Morgan fingerprint density at radius 3 is 2.46 bits per heavy atom. The molecule has 1 fully saturated rings. The van der Waals surface area contributed by atoms with Gasteiger partial charge in [0.2, 0.25) is 15.9 Å². The number of rotatable bonds is 5. The molecule has 144 valence electrons. The number of carbonyl (C=O) groups excluding carboxylic acids is 1. The standard InChI is InChI=1S/C20H30N2O3S/c1-15(2)14-21-20(23)17-9-11-22(12-10-17)26(24,25)19-8-7-16-5-3-4-6-18(16)13-19/h7-8,13,15,17H,3-6,9-12,14H2,1-2H3,(H,21,23). The topological polar surface area (TPSA) is 66.5 Å². The highest BCUT2D eigenvalue weighted by molar-refractivity contribution is 7.89. The van der Waals surface area contributed by atoms with Crippen LogP contribution in [0, 0.1) is 11.8 Å². The number of benzene rings is 1. The number of amides is 1. The smallest absolute Gasteiger partial charge is 0.243 e. The van der Waals surface area contributed by atoms with Gasteiger partial charge in [-0.15, -0.1) is 0 Å². The van der Waals surface area contributed by atoms with Crippen LogP contribution in [0.4, 0.5) is 0 Å². The van der Waals surface area contributed by atoms with Gasteiger partial charge in [0.15, 0.2) is 0 Å². The normalized spacial score (nSPS) is 19.3. The van der Waals surface area contributed by atoms with Crippen LogP contribution in [0.2, 0.25) is 0 Å². The average molecular weight is 379 g/mol. The Morgan fingerprint density at radius 2 is 1.81 bits per heavy atom. The van der Waals surface area contributed by atoms with E-state index < -0.39 is 10.0 Å². The van der Waals surface area contributed by atoms with Gasteiger partial charge in [-0.3, -0.25) is 4.79 Å². The van der Waals surface area contributed by atoms with Crippen LogP contribution < -0.4 is 5.32 Å². The highest BCUT2D eigenvalue weighted by atomic mass is 32.2. The molecule has 1 amide bonds. The van der Waals surface area contributed by atoms with Gasteiger partial charge in [0.25, 0.3) is 0 Å². The molecule has 3 rings (SSSR count). The number of piperidine rings is 1. The van der Waals surface area contributed by atoms with Gasteiger partial charge in [-0.1, -0.05) is 19.9 Å². The van der Waals surface area contributed by atoms with Crippen LogP contribution in [0.15, 0.2) is 23.1 Å². The Bertz CT molecular complexity index is 750. The summed E-state index contributed by atoms with van der Waals surface area (Å²) in [6.07, 6.45) is 5.52. The fraction of sp³-hybridized carbons (Fsp3) is 0.650. The van der Waals surface area contributed by atoms with Crippen LogP contribution in [-0.2, 0) is 27.7 Å². The first-order valence-corrected chi connectivity index (χ1v) is 11.2. The zero-order valence-electron chi connectivity index (χ0n) is 15.8. The summed E-state index contributed by atoms with van der Waals surface area (Å²) in [5, 5.41) is 2.96. The van der Waals surface area contributed by atoms with Crippen molar-refractivity contribution in [3.05, 3.63) is 29.3 Å². The molecule has 1 aliphatic carbocycles. The Hall–Kier alpha value is -1.40. The van der Waals surface area contributed by atoms with Crippen LogP contribution in [0.5, 0.6) is 0 Å². The minimum absolute atomic E-state index is 0.0597. The first-order valence-electron chi connectivity index (χ1n) is 9.77.